The van der Waals surface area contributed by atoms with Crippen LogP contribution >= 0.6 is 0 Å². The zero-order valence-corrected chi connectivity index (χ0v) is 8.17. The molecule has 0 aromatic rings. The minimum Gasteiger partial charge on any atom is -0.388 e. The van der Waals surface area contributed by atoms with Crippen LogP contribution in [0, 0.1) is 0 Å². The van der Waals surface area contributed by atoms with Gasteiger partial charge in [0.1, 0.15) is 0 Å². The van der Waals surface area contributed by atoms with E-state index in [9.17, 15) is 19.8 Å². The maximum atomic E-state index is 11.5. The van der Waals surface area contributed by atoms with Gasteiger partial charge in [-0.2, -0.15) is 0 Å². The van der Waals surface area contributed by atoms with Crippen molar-refractivity contribution in [1.82, 2.24) is 4.90 Å². The van der Waals surface area contributed by atoms with Gasteiger partial charge in [0.05, 0.1) is 24.7 Å². The van der Waals surface area contributed by atoms with Gasteiger partial charge in [0.25, 0.3) is 0 Å². The van der Waals surface area contributed by atoms with Crippen molar-refractivity contribution >= 4 is 11.8 Å². The van der Waals surface area contributed by atoms with E-state index in [0.29, 0.717) is 0 Å². The van der Waals surface area contributed by atoms with Gasteiger partial charge >= 0.3 is 0 Å². The predicted molar refractivity (Wildman–Crippen MR) is 50.4 cm³/mol. The second-order valence-corrected chi connectivity index (χ2v) is 3.65. The van der Waals surface area contributed by atoms with E-state index in [4.69, 9.17) is 11.5 Å². The first-order valence-electron chi connectivity index (χ1n) is 4.60. The van der Waals surface area contributed by atoms with Crippen molar-refractivity contribution in [3.05, 3.63) is 0 Å². The van der Waals surface area contributed by atoms with E-state index in [-0.39, 0.29) is 19.5 Å². The molecule has 86 valence electrons. The smallest absolute Gasteiger partial charge is 0.240 e. The number of primary amides is 1. The highest BCUT2D eigenvalue weighted by Crippen LogP contribution is 2.11. The number of hydrogen-bond donors (Lipinski definition) is 4. The molecule has 1 aliphatic heterocycles. The van der Waals surface area contributed by atoms with E-state index in [1.807, 2.05) is 0 Å². The summed E-state index contributed by atoms with van der Waals surface area (Å²) in [6.07, 6.45) is -2.13. The number of carbonyl (C=O) groups excluding carboxylic acids is 2. The number of amides is 2. The molecule has 0 aliphatic carbocycles. The van der Waals surface area contributed by atoms with Crippen molar-refractivity contribution in [2.24, 2.45) is 11.5 Å². The van der Waals surface area contributed by atoms with E-state index in [2.05, 4.69) is 0 Å². The number of nitrogens with two attached hydrogens (primary N) is 2. The van der Waals surface area contributed by atoms with Crippen LogP contribution in [0.15, 0.2) is 0 Å². The molecule has 1 saturated heterocycles. The van der Waals surface area contributed by atoms with Crippen LogP contribution < -0.4 is 11.5 Å². The van der Waals surface area contributed by atoms with Crippen LogP contribution in [0.2, 0.25) is 0 Å². The van der Waals surface area contributed by atoms with Gasteiger partial charge in [-0.05, 0) is 0 Å². The van der Waals surface area contributed by atoms with Gasteiger partial charge in [0, 0.05) is 13.1 Å². The van der Waals surface area contributed by atoms with Gasteiger partial charge in [0.2, 0.25) is 11.8 Å². The van der Waals surface area contributed by atoms with Crippen LogP contribution in [-0.4, -0.2) is 58.3 Å². The Morgan fingerprint density at radius 3 is 2.20 bits per heavy atom. The van der Waals surface area contributed by atoms with E-state index < -0.39 is 30.1 Å². The number of β-amino-alcohol motifs (C(OH)–C–C–N with tert-alkyl or cyclic N) is 2. The highest BCUT2D eigenvalue weighted by Gasteiger charge is 2.34. The maximum Gasteiger partial charge on any atom is 0.240 e. The largest absolute Gasteiger partial charge is 0.388 e. The molecule has 0 bridgehead atoms. The third-order valence-corrected chi connectivity index (χ3v) is 2.31. The molecule has 1 heterocycles. The fourth-order valence-corrected chi connectivity index (χ4v) is 1.49. The van der Waals surface area contributed by atoms with Gasteiger partial charge in [-0.3, -0.25) is 9.59 Å². The van der Waals surface area contributed by atoms with Crippen LogP contribution in [0.25, 0.3) is 0 Å². The molecule has 1 fully saturated rings. The van der Waals surface area contributed by atoms with Crippen molar-refractivity contribution in [3.8, 4) is 0 Å². The lowest BCUT2D eigenvalue weighted by atomic mass is 10.2. The minimum absolute atomic E-state index is 0.0342. The van der Waals surface area contributed by atoms with Crippen molar-refractivity contribution in [1.29, 1.82) is 0 Å². The maximum absolute atomic E-state index is 11.5. The van der Waals surface area contributed by atoms with Gasteiger partial charge < -0.3 is 26.6 Å². The van der Waals surface area contributed by atoms with Crippen LogP contribution in [0.5, 0.6) is 0 Å². The summed E-state index contributed by atoms with van der Waals surface area (Å²) in [5, 5.41) is 18.4. The highest BCUT2D eigenvalue weighted by molar-refractivity contribution is 5.87. The van der Waals surface area contributed by atoms with Gasteiger partial charge in [-0.15, -0.1) is 0 Å². The lowest BCUT2D eigenvalue weighted by Gasteiger charge is -2.19. The van der Waals surface area contributed by atoms with Crippen molar-refractivity contribution < 1.29 is 19.8 Å². The molecule has 3 atom stereocenters. The quantitative estimate of drug-likeness (QED) is 0.394. The minimum atomic E-state index is -1.00. The molecule has 1 aliphatic rings. The third-order valence-electron chi connectivity index (χ3n) is 2.31. The first-order valence-corrected chi connectivity index (χ1v) is 4.60. The Kier molecular flexibility index (Phi) is 3.61. The second kappa shape index (κ2) is 4.56. The summed E-state index contributed by atoms with van der Waals surface area (Å²) in [6, 6.07) is -1.00. The highest BCUT2D eigenvalue weighted by atomic mass is 16.3. The second-order valence-electron chi connectivity index (χ2n) is 3.65. The summed E-state index contributed by atoms with van der Waals surface area (Å²) < 4.78 is 0. The molecule has 15 heavy (non-hydrogen) atoms. The number of aliphatic hydroxyl groups is 2. The molecule has 0 aromatic carbocycles. The summed E-state index contributed by atoms with van der Waals surface area (Å²) in [7, 11) is 0. The lowest BCUT2D eigenvalue weighted by Crippen LogP contribution is -2.45. The molecule has 0 saturated carbocycles. The fourth-order valence-electron chi connectivity index (χ4n) is 1.49. The van der Waals surface area contributed by atoms with Gasteiger partial charge in [0.15, 0.2) is 0 Å². The fraction of sp³-hybridized carbons (Fsp3) is 0.750. The monoisotopic (exact) mass is 217 g/mol. The molecule has 2 amide bonds. The van der Waals surface area contributed by atoms with Gasteiger partial charge in [-0.25, -0.2) is 0 Å². The number of aliphatic hydroxyl groups excluding tert-OH is 2. The van der Waals surface area contributed by atoms with Crippen LogP contribution in [0.3, 0.4) is 0 Å². The van der Waals surface area contributed by atoms with E-state index in [0.717, 1.165) is 0 Å². The molecule has 0 spiro atoms. The van der Waals surface area contributed by atoms with Crippen LogP contribution in [0.4, 0.5) is 0 Å². The Balaban J connectivity index is 2.51. The SMILES string of the molecule is NC(=O)CC(N)C(=O)N1C[C@@H](O)[C@@H](O)C1. The van der Waals surface area contributed by atoms with Crippen molar-refractivity contribution in [2.75, 3.05) is 13.1 Å². The Bertz CT molecular complexity index is 261. The molecular weight excluding hydrogens is 202 g/mol. The van der Waals surface area contributed by atoms with E-state index in [1.54, 1.807) is 0 Å². The molecule has 1 unspecified atom stereocenters. The van der Waals surface area contributed by atoms with Gasteiger partial charge in [-0.1, -0.05) is 0 Å². The average Bonchev–Trinajstić information content (AvgIpc) is 2.44. The molecule has 7 heteroatoms. The average molecular weight is 217 g/mol. The Hall–Kier alpha value is -1.18. The summed E-state index contributed by atoms with van der Waals surface area (Å²) in [4.78, 5) is 23.3. The lowest BCUT2D eigenvalue weighted by molar-refractivity contribution is -0.134. The Morgan fingerprint density at radius 1 is 1.33 bits per heavy atom. The molecule has 7 nitrogen and oxygen atoms in total. The summed E-state index contributed by atoms with van der Waals surface area (Å²) in [6.45, 7) is 0.0684. The number of hydrogen-bond acceptors (Lipinski definition) is 5. The van der Waals surface area contributed by atoms with E-state index in [1.165, 1.54) is 4.90 Å². The molecule has 0 radical (unpaired) electrons. The third kappa shape index (κ3) is 2.88. The predicted octanol–water partition coefficient (Wildman–Crippen LogP) is -3.25. The number of rotatable bonds is 3. The normalized spacial score (nSPS) is 27.8. The number of likely N-dealkylation sites (tertiary alicyclic amines) is 1. The summed E-state index contributed by atoms with van der Waals surface area (Å²) >= 11 is 0. The van der Waals surface area contributed by atoms with Crippen LogP contribution in [0.1, 0.15) is 6.42 Å². The Labute approximate surface area is 86.6 Å². The first kappa shape index (κ1) is 11.9. The number of nitrogens with zero attached hydrogens (tertiary/aromatic N) is 1. The first-order chi connectivity index (χ1) is 6.91. The van der Waals surface area contributed by atoms with E-state index >= 15 is 0 Å². The molecular formula is C8H15N3O4. The topological polar surface area (TPSA) is 130 Å². The summed E-state index contributed by atoms with van der Waals surface area (Å²) in [5.74, 6) is -1.14. The molecule has 1 rings (SSSR count). The van der Waals surface area contributed by atoms with Crippen LogP contribution in [-0.2, 0) is 9.59 Å². The Morgan fingerprint density at radius 2 is 1.80 bits per heavy atom. The van der Waals surface area contributed by atoms with Crippen molar-refractivity contribution in [2.45, 2.75) is 24.7 Å². The number of carbonyl (C=O) groups is 2. The summed E-state index contributed by atoms with van der Waals surface area (Å²) in [5.41, 5.74) is 10.3. The molecule has 6 N–H and O–H groups in total. The standard InChI is InChI=1S/C8H15N3O4/c9-4(1-7(10)14)8(15)11-2-5(12)6(13)3-11/h4-6,12-13H,1-3,9H2,(H2,10,14)/t4?,5-,6+. The van der Waals surface area contributed by atoms with Crippen molar-refractivity contribution in [3.63, 3.8) is 0 Å². The zero-order chi connectivity index (χ0) is 11.6. The molecule has 0 aromatic heterocycles. The zero-order valence-electron chi connectivity index (χ0n) is 8.17.